The fourth-order valence-electron chi connectivity index (χ4n) is 3.19. The molecule has 17 heavy (non-hydrogen) atoms. The van der Waals surface area contributed by atoms with Gasteiger partial charge in [0.1, 0.15) is 0 Å². The Balaban J connectivity index is 1.76. The van der Waals surface area contributed by atoms with E-state index in [0.29, 0.717) is 0 Å². The second-order valence-electron chi connectivity index (χ2n) is 5.57. The van der Waals surface area contributed by atoms with E-state index in [0.717, 1.165) is 11.8 Å². The maximum Gasteiger partial charge on any atom is 0.0398 e. The Kier molecular flexibility index (Phi) is 3.06. The fraction of sp³-hybridized carbons (Fsp3) is 0.600. The van der Waals surface area contributed by atoms with Crippen molar-refractivity contribution < 1.29 is 0 Å². The minimum absolute atomic E-state index is 0.821. The van der Waals surface area contributed by atoms with Crippen LogP contribution >= 0.6 is 0 Å². The second-order valence-corrected chi connectivity index (χ2v) is 5.57. The van der Waals surface area contributed by atoms with Crippen LogP contribution in [-0.2, 0) is 6.42 Å². The van der Waals surface area contributed by atoms with Gasteiger partial charge in [-0.05, 0) is 49.4 Å². The Hall–Kier alpha value is -1.02. The van der Waals surface area contributed by atoms with Crippen molar-refractivity contribution in [3.8, 4) is 0 Å². The second kappa shape index (κ2) is 4.69. The molecule has 2 heterocycles. The van der Waals surface area contributed by atoms with E-state index in [-0.39, 0.29) is 0 Å². The Morgan fingerprint density at radius 1 is 1.29 bits per heavy atom. The van der Waals surface area contributed by atoms with Crippen LogP contribution in [0.25, 0.3) is 0 Å². The van der Waals surface area contributed by atoms with Gasteiger partial charge in [0.15, 0.2) is 0 Å². The smallest absolute Gasteiger partial charge is 0.0398 e. The van der Waals surface area contributed by atoms with Crippen LogP contribution in [0.2, 0.25) is 0 Å². The number of nitrogens with one attached hydrogen (secondary N) is 1. The zero-order chi connectivity index (χ0) is 11.7. The first-order valence-corrected chi connectivity index (χ1v) is 6.88. The Bertz CT molecular complexity index is 388. The normalized spacial score (nSPS) is 28.2. The van der Waals surface area contributed by atoms with Crippen LogP contribution in [0.1, 0.15) is 18.9 Å². The monoisotopic (exact) mass is 230 g/mol. The number of hydrogen-bond donors (Lipinski definition) is 1. The molecule has 2 heteroatoms. The molecule has 2 atom stereocenters. The van der Waals surface area contributed by atoms with Crippen molar-refractivity contribution in [1.29, 1.82) is 0 Å². The zero-order valence-electron chi connectivity index (χ0n) is 10.7. The SMILES string of the molecule is C[C@@H]1CNC[C@H]1CN1CCCc2ccccc21. The van der Waals surface area contributed by atoms with E-state index in [1.54, 1.807) is 0 Å². The van der Waals surface area contributed by atoms with Gasteiger partial charge < -0.3 is 10.2 Å². The minimum Gasteiger partial charge on any atom is -0.371 e. The Morgan fingerprint density at radius 2 is 2.18 bits per heavy atom. The number of hydrogen-bond acceptors (Lipinski definition) is 2. The van der Waals surface area contributed by atoms with E-state index in [1.165, 1.54) is 50.3 Å². The lowest BCUT2D eigenvalue weighted by Crippen LogP contribution is -2.36. The van der Waals surface area contributed by atoms with Crippen molar-refractivity contribution in [3.63, 3.8) is 0 Å². The molecular formula is C15H22N2. The number of fused-ring (bicyclic) bond motifs is 1. The van der Waals surface area contributed by atoms with E-state index in [2.05, 4.69) is 41.4 Å². The third-order valence-corrected chi connectivity index (χ3v) is 4.34. The van der Waals surface area contributed by atoms with Crippen LogP contribution in [0.3, 0.4) is 0 Å². The fourth-order valence-corrected chi connectivity index (χ4v) is 3.19. The van der Waals surface area contributed by atoms with Gasteiger partial charge in [-0.15, -0.1) is 0 Å². The van der Waals surface area contributed by atoms with Gasteiger partial charge >= 0.3 is 0 Å². The zero-order valence-corrected chi connectivity index (χ0v) is 10.7. The third-order valence-electron chi connectivity index (χ3n) is 4.34. The molecule has 1 fully saturated rings. The van der Waals surface area contributed by atoms with E-state index < -0.39 is 0 Å². The summed E-state index contributed by atoms with van der Waals surface area (Å²) in [5, 5.41) is 3.51. The van der Waals surface area contributed by atoms with Gasteiger partial charge in [-0.3, -0.25) is 0 Å². The van der Waals surface area contributed by atoms with Crippen LogP contribution < -0.4 is 10.2 Å². The van der Waals surface area contributed by atoms with Gasteiger partial charge in [0.05, 0.1) is 0 Å². The van der Waals surface area contributed by atoms with Gasteiger partial charge in [-0.25, -0.2) is 0 Å². The lowest BCUT2D eigenvalue weighted by molar-refractivity contribution is 0.442. The highest BCUT2D eigenvalue weighted by molar-refractivity contribution is 5.55. The van der Waals surface area contributed by atoms with E-state index in [9.17, 15) is 0 Å². The summed E-state index contributed by atoms with van der Waals surface area (Å²) in [5.74, 6) is 1.64. The van der Waals surface area contributed by atoms with E-state index >= 15 is 0 Å². The predicted molar refractivity (Wildman–Crippen MR) is 72.5 cm³/mol. The minimum atomic E-state index is 0.821. The number of rotatable bonds is 2. The molecule has 0 amide bonds. The van der Waals surface area contributed by atoms with Crippen LogP contribution in [0.5, 0.6) is 0 Å². The number of benzene rings is 1. The molecule has 0 bridgehead atoms. The molecule has 1 aromatic carbocycles. The molecule has 0 aromatic heterocycles. The molecular weight excluding hydrogens is 208 g/mol. The molecule has 3 rings (SSSR count). The van der Waals surface area contributed by atoms with Gasteiger partial charge in [0.25, 0.3) is 0 Å². The molecule has 92 valence electrons. The lowest BCUT2D eigenvalue weighted by Gasteiger charge is -2.34. The van der Waals surface area contributed by atoms with Crippen LogP contribution in [-0.4, -0.2) is 26.2 Å². The molecule has 1 aromatic rings. The maximum atomic E-state index is 3.51. The summed E-state index contributed by atoms with van der Waals surface area (Å²) in [6.07, 6.45) is 2.57. The van der Waals surface area contributed by atoms with Gasteiger partial charge in [-0.1, -0.05) is 25.1 Å². The number of aryl methyl sites for hydroxylation is 1. The molecule has 2 aliphatic rings. The summed E-state index contributed by atoms with van der Waals surface area (Å²) >= 11 is 0. The van der Waals surface area contributed by atoms with Crippen molar-refractivity contribution in [2.24, 2.45) is 11.8 Å². The molecule has 2 aliphatic heterocycles. The summed E-state index contributed by atoms with van der Waals surface area (Å²) in [6.45, 7) is 7.23. The maximum absolute atomic E-state index is 3.51. The number of nitrogens with zero attached hydrogens (tertiary/aromatic N) is 1. The highest BCUT2D eigenvalue weighted by Crippen LogP contribution is 2.29. The van der Waals surface area contributed by atoms with Crippen molar-refractivity contribution in [2.75, 3.05) is 31.1 Å². The highest BCUT2D eigenvalue weighted by Gasteiger charge is 2.26. The lowest BCUT2D eigenvalue weighted by atomic mass is 9.95. The standard InChI is InChI=1S/C15H22N2/c1-12-9-16-10-14(12)11-17-8-4-6-13-5-2-3-7-15(13)17/h2-3,5,7,12,14,16H,4,6,8-11H2,1H3/t12-,14+/m1/s1. The van der Waals surface area contributed by atoms with Crippen molar-refractivity contribution >= 4 is 5.69 Å². The van der Waals surface area contributed by atoms with E-state index in [1.807, 2.05) is 0 Å². The average molecular weight is 230 g/mol. The summed E-state index contributed by atoms with van der Waals surface area (Å²) in [6, 6.07) is 8.93. The Morgan fingerprint density at radius 3 is 3.00 bits per heavy atom. The van der Waals surface area contributed by atoms with Gasteiger partial charge in [0.2, 0.25) is 0 Å². The van der Waals surface area contributed by atoms with Crippen molar-refractivity contribution in [2.45, 2.75) is 19.8 Å². The molecule has 0 spiro atoms. The molecule has 1 saturated heterocycles. The summed E-state index contributed by atoms with van der Waals surface area (Å²) in [5.41, 5.74) is 3.02. The van der Waals surface area contributed by atoms with Crippen LogP contribution in [0.15, 0.2) is 24.3 Å². The number of anilines is 1. The van der Waals surface area contributed by atoms with Gasteiger partial charge in [0, 0.05) is 18.8 Å². The largest absolute Gasteiger partial charge is 0.371 e. The summed E-state index contributed by atoms with van der Waals surface area (Å²) in [4.78, 5) is 2.60. The molecule has 0 aliphatic carbocycles. The van der Waals surface area contributed by atoms with E-state index in [4.69, 9.17) is 0 Å². The first-order chi connectivity index (χ1) is 8.34. The summed E-state index contributed by atoms with van der Waals surface area (Å²) in [7, 11) is 0. The average Bonchev–Trinajstić information content (AvgIpc) is 2.76. The highest BCUT2D eigenvalue weighted by atomic mass is 15.1. The molecule has 0 radical (unpaired) electrons. The predicted octanol–water partition coefficient (Wildman–Crippen LogP) is 2.29. The molecule has 2 nitrogen and oxygen atoms in total. The first kappa shape index (κ1) is 11.1. The van der Waals surface area contributed by atoms with Crippen molar-refractivity contribution in [3.05, 3.63) is 29.8 Å². The molecule has 0 unspecified atom stereocenters. The molecule has 1 N–H and O–H groups in total. The quantitative estimate of drug-likeness (QED) is 0.838. The topological polar surface area (TPSA) is 15.3 Å². The summed E-state index contributed by atoms with van der Waals surface area (Å²) < 4.78 is 0. The third kappa shape index (κ3) is 2.19. The molecule has 0 saturated carbocycles. The first-order valence-electron chi connectivity index (χ1n) is 6.88. The van der Waals surface area contributed by atoms with Crippen LogP contribution in [0.4, 0.5) is 5.69 Å². The number of para-hydroxylation sites is 1. The Labute approximate surface area is 104 Å². The van der Waals surface area contributed by atoms with Crippen molar-refractivity contribution in [1.82, 2.24) is 5.32 Å². The van der Waals surface area contributed by atoms with Crippen LogP contribution in [0, 0.1) is 11.8 Å². The van der Waals surface area contributed by atoms with Gasteiger partial charge in [-0.2, -0.15) is 0 Å².